The lowest BCUT2D eigenvalue weighted by molar-refractivity contribution is 0.823. The molecule has 0 amide bonds. The SMILES string of the molecule is CC[B]c1ccccc1.O.O. The van der Waals surface area contributed by atoms with Crippen LogP contribution in [0.25, 0.3) is 0 Å². The van der Waals surface area contributed by atoms with Crippen LogP contribution in [0, 0.1) is 0 Å². The highest BCUT2D eigenvalue weighted by atomic mass is 16.0. The summed E-state index contributed by atoms with van der Waals surface area (Å²) in [6, 6.07) is 10.4. The molecular formula is C8H14BO2. The summed E-state index contributed by atoms with van der Waals surface area (Å²) in [5, 5.41) is 0. The predicted octanol–water partition coefficient (Wildman–Crippen LogP) is -0.195. The maximum atomic E-state index is 2.21. The van der Waals surface area contributed by atoms with Crippen LogP contribution < -0.4 is 5.46 Å². The summed E-state index contributed by atoms with van der Waals surface area (Å²) in [5.74, 6) is 0. The van der Waals surface area contributed by atoms with Gasteiger partial charge in [-0.05, 0) is 0 Å². The highest BCUT2D eigenvalue weighted by Crippen LogP contribution is 1.82. The Bertz CT molecular complexity index is 165. The zero-order chi connectivity index (χ0) is 6.53. The van der Waals surface area contributed by atoms with E-state index >= 15 is 0 Å². The molecule has 0 bridgehead atoms. The van der Waals surface area contributed by atoms with E-state index in [2.05, 4.69) is 38.5 Å². The largest absolute Gasteiger partial charge is 0.412 e. The van der Waals surface area contributed by atoms with Crippen molar-refractivity contribution in [3.05, 3.63) is 30.3 Å². The van der Waals surface area contributed by atoms with Crippen LogP contribution >= 0.6 is 0 Å². The van der Waals surface area contributed by atoms with Gasteiger partial charge in [-0.3, -0.25) is 0 Å². The summed E-state index contributed by atoms with van der Waals surface area (Å²) in [6.07, 6.45) is 1.12. The van der Waals surface area contributed by atoms with E-state index in [1.165, 1.54) is 5.46 Å². The van der Waals surface area contributed by atoms with Crippen molar-refractivity contribution in [2.24, 2.45) is 0 Å². The van der Waals surface area contributed by atoms with Crippen LogP contribution in [0.1, 0.15) is 6.92 Å². The summed E-state index contributed by atoms with van der Waals surface area (Å²) in [4.78, 5) is 0. The lowest BCUT2D eigenvalue weighted by Gasteiger charge is -1.92. The fourth-order valence-corrected chi connectivity index (χ4v) is 0.825. The molecule has 1 radical (unpaired) electrons. The van der Waals surface area contributed by atoms with Crippen molar-refractivity contribution in [2.75, 3.05) is 0 Å². The molecule has 0 aromatic heterocycles. The van der Waals surface area contributed by atoms with Gasteiger partial charge in [0.1, 0.15) is 0 Å². The summed E-state index contributed by atoms with van der Waals surface area (Å²) in [5.41, 5.74) is 1.32. The molecule has 0 heterocycles. The van der Waals surface area contributed by atoms with Gasteiger partial charge in [0.15, 0.2) is 7.28 Å². The molecule has 0 aliphatic heterocycles. The highest BCUT2D eigenvalue weighted by molar-refractivity contribution is 6.53. The molecule has 1 rings (SSSR count). The third-order valence-corrected chi connectivity index (χ3v) is 1.24. The molecule has 0 aliphatic rings. The lowest BCUT2D eigenvalue weighted by atomic mass is 9.68. The minimum atomic E-state index is 0. The molecule has 0 spiro atoms. The molecule has 4 N–H and O–H groups in total. The molecule has 1 aromatic carbocycles. The van der Waals surface area contributed by atoms with Gasteiger partial charge in [0.25, 0.3) is 0 Å². The van der Waals surface area contributed by atoms with Gasteiger partial charge in [-0.25, -0.2) is 0 Å². The Morgan fingerprint density at radius 3 is 2.09 bits per heavy atom. The molecule has 11 heavy (non-hydrogen) atoms. The van der Waals surface area contributed by atoms with Crippen molar-refractivity contribution in [3.63, 3.8) is 0 Å². The molecular weight excluding hydrogens is 139 g/mol. The quantitative estimate of drug-likeness (QED) is 0.528. The van der Waals surface area contributed by atoms with Crippen LogP contribution in [-0.2, 0) is 0 Å². The van der Waals surface area contributed by atoms with Gasteiger partial charge in [-0.1, -0.05) is 49.0 Å². The highest BCUT2D eigenvalue weighted by Gasteiger charge is 1.87. The molecule has 61 valence electrons. The van der Waals surface area contributed by atoms with E-state index in [1.54, 1.807) is 0 Å². The fourth-order valence-electron chi connectivity index (χ4n) is 0.825. The normalized spacial score (nSPS) is 7.36. The van der Waals surface area contributed by atoms with Crippen molar-refractivity contribution in [1.82, 2.24) is 0 Å². The Balaban J connectivity index is 0. The number of hydrogen-bond acceptors (Lipinski definition) is 0. The molecule has 0 atom stereocenters. The second-order valence-electron chi connectivity index (χ2n) is 2.02. The fraction of sp³-hybridized carbons (Fsp3) is 0.250. The van der Waals surface area contributed by atoms with E-state index in [9.17, 15) is 0 Å². The van der Waals surface area contributed by atoms with Crippen LogP contribution in [0.4, 0.5) is 0 Å². The standard InChI is InChI=1S/C8H10B.2H2O/c1-2-9-8-6-4-3-5-7-8;;/h3-7H,2H2,1H3;2*1H2. The first-order valence-corrected chi connectivity index (χ1v) is 3.31. The van der Waals surface area contributed by atoms with E-state index in [0.717, 1.165) is 6.32 Å². The van der Waals surface area contributed by atoms with E-state index in [-0.39, 0.29) is 11.0 Å². The Morgan fingerprint density at radius 1 is 1.09 bits per heavy atom. The molecule has 3 heteroatoms. The maximum absolute atomic E-state index is 2.21. The molecule has 0 aliphatic carbocycles. The van der Waals surface area contributed by atoms with Gasteiger partial charge in [-0.15, -0.1) is 0 Å². The van der Waals surface area contributed by atoms with Gasteiger partial charge in [0.2, 0.25) is 0 Å². The second-order valence-corrected chi connectivity index (χ2v) is 2.02. The van der Waals surface area contributed by atoms with Crippen molar-refractivity contribution >= 4 is 12.7 Å². The molecule has 0 fully saturated rings. The first-order chi connectivity index (χ1) is 4.43. The summed E-state index contributed by atoms with van der Waals surface area (Å²) >= 11 is 0. The van der Waals surface area contributed by atoms with Crippen LogP contribution in [0.15, 0.2) is 30.3 Å². The Hall–Kier alpha value is -0.795. The summed E-state index contributed by atoms with van der Waals surface area (Å²) in [6.45, 7) is 2.15. The zero-order valence-corrected chi connectivity index (χ0v) is 6.67. The third-order valence-electron chi connectivity index (χ3n) is 1.24. The smallest absolute Gasteiger partial charge is 0.151 e. The number of rotatable bonds is 2. The minimum Gasteiger partial charge on any atom is -0.412 e. The zero-order valence-electron chi connectivity index (χ0n) is 6.67. The van der Waals surface area contributed by atoms with Gasteiger partial charge in [-0.2, -0.15) is 0 Å². The third kappa shape index (κ3) is 4.59. The molecule has 0 saturated carbocycles. The van der Waals surface area contributed by atoms with Crippen molar-refractivity contribution < 1.29 is 11.0 Å². The first-order valence-electron chi connectivity index (χ1n) is 3.31. The van der Waals surface area contributed by atoms with Gasteiger partial charge in [0.05, 0.1) is 0 Å². The van der Waals surface area contributed by atoms with Crippen LogP contribution in [-0.4, -0.2) is 18.2 Å². The Labute approximate surface area is 68.1 Å². The van der Waals surface area contributed by atoms with E-state index in [1.807, 2.05) is 6.07 Å². The molecule has 1 aromatic rings. The van der Waals surface area contributed by atoms with Crippen molar-refractivity contribution in [3.8, 4) is 0 Å². The average Bonchev–Trinajstić information content (AvgIpc) is 1.91. The monoisotopic (exact) mass is 153 g/mol. The minimum absolute atomic E-state index is 0. The Kier molecular flexibility index (Phi) is 8.54. The van der Waals surface area contributed by atoms with Gasteiger partial charge < -0.3 is 11.0 Å². The number of hydrogen-bond donors (Lipinski definition) is 0. The van der Waals surface area contributed by atoms with Crippen molar-refractivity contribution in [1.29, 1.82) is 0 Å². The maximum Gasteiger partial charge on any atom is 0.151 e. The summed E-state index contributed by atoms with van der Waals surface area (Å²) in [7, 11) is 2.21. The predicted molar refractivity (Wildman–Crippen MR) is 49.5 cm³/mol. The molecule has 0 saturated heterocycles. The van der Waals surface area contributed by atoms with Crippen LogP contribution in [0.3, 0.4) is 0 Å². The molecule has 0 unspecified atom stereocenters. The summed E-state index contributed by atoms with van der Waals surface area (Å²) < 4.78 is 0. The van der Waals surface area contributed by atoms with Crippen LogP contribution in [0.2, 0.25) is 6.32 Å². The Morgan fingerprint density at radius 2 is 1.64 bits per heavy atom. The van der Waals surface area contributed by atoms with Gasteiger partial charge >= 0.3 is 0 Å². The van der Waals surface area contributed by atoms with Crippen LogP contribution in [0.5, 0.6) is 0 Å². The molecule has 2 nitrogen and oxygen atoms in total. The topological polar surface area (TPSA) is 63.0 Å². The van der Waals surface area contributed by atoms with Crippen molar-refractivity contribution in [2.45, 2.75) is 13.2 Å². The second kappa shape index (κ2) is 7.31. The van der Waals surface area contributed by atoms with E-state index in [0.29, 0.717) is 0 Å². The van der Waals surface area contributed by atoms with Gasteiger partial charge in [0, 0.05) is 0 Å². The van der Waals surface area contributed by atoms with E-state index in [4.69, 9.17) is 0 Å². The number of benzene rings is 1. The van der Waals surface area contributed by atoms with E-state index < -0.39 is 0 Å². The average molecular weight is 153 g/mol. The lowest BCUT2D eigenvalue weighted by Crippen LogP contribution is -2.10. The first kappa shape index (κ1) is 12.8.